The molecule has 21 heavy (non-hydrogen) atoms. The molecule has 0 radical (unpaired) electrons. The molecule has 0 amide bonds. The monoisotopic (exact) mass is 287 g/mol. The molecular weight excluding hydrogens is 262 g/mol. The predicted molar refractivity (Wildman–Crippen MR) is 87.7 cm³/mol. The van der Waals surface area contributed by atoms with Crippen molar-refractivity contribution in [2.24, 2.45) is 0 Å². The summed E-state index contributed by atoms with van der Waals surface area (Å²) in [5.74, 6) is -0.906. The summed E-state index contributed by atoms with van der Waals surface area (Å²) in [6.07, 6.45) is 9.23. The maximum atomic E-state index is 10.6. The summed E-state index contributed by atoms with van der Waals surface area (Å²) in [5.41, 5.74) is 3.38. The van der Waals surface area contributed by atoms with Gasteiger partial charge in [-0.3, -0.25) is 0 Å². The molecular formula is C18H25NO2. The lowest BCUT2D eigenvalue weighted by Crippen LogP contribution is -2.34. The number of anilines is 1. The van der Waals surface area contributed by atoms with Gasteiger partial charge >= 0.3 is 5.97 Å². The van der Waals surface area contributed by atoms with Crippen LogP contribution in [0.15, 0.2) is 24.3 Å². The molecule has 1 aliphatic rings. The van der Waals surface area contributed by atoms with Gasteiger partial charge in [-0.2, -0.15) is 0 Å². The quantitative estimate of drug-likeness (QED) is 0.841. The van der Waals surface area contributed by atoms with E-state index >= 15 is 0 Å². The summed E-state index contributed by atoms with van der Waals surface area (Å²) in [7, 11) is 0. The second kappa shape index (κ2) is 7.30. The second-order valence-corrected chi connectivity index (χ2v) is 5.82. The molecule has 3 nitrogen and oxygen atoms in total. The van der Waals surface area contributed by atoms with E-state index in [1.807, 2.05) is 13.0 Å². The fraction of sp³-hybridized carbons (Fsp3) is 0.500. The molecule has 3 heteroatoms. The zero-order valence-corrected chi connectivity index (χ0v) is 13.0. The topological polar surface area (TPSA) is 40.5 Å². The minimum atomic E-state index is -0.906. The van der Waals surface area contributed by atoms with Gasteiger partial charge in [-0.25, -0.2) is 4.79 Å². The molecule has 1 aliphatic heterocycles. The third kappa shape index (κ3) is 4.10. The van der Waals surface area contributed by atoms with E-state index in [4.69, 9.17) is 5.11 Å². The van der Waals surface area contributed by atoms with E-state index in [2.05, 4.69) is 24.0 Å². The molecule has 0 saturated carbocycles. The van der Waals surface area contributed by atoms with Crippen LogP contribution in [0.3, 0.4) is 0 Å². The third-order valence-corrected chi connectivity index (χ3v) is 4.34. The highest BCUT2D eigenvalue weighted by Gasteiger charge is 2.19. The minimum absolute atomic E-state index is 0.632. The molecule has 1 unspecified atom stereocenters. The van der Waals surface area contributed by atoms with Crippen LogP contribution in [0.4, 0.5) is 5.69 Å². The average molecular weight is 287 g/mol. The fourth-order valence-electron chi connectivity index (χ4n) is 3.13. The van der Waals surface area contributed by atoms with Crippen molar-refractivity contribution >= 4 is 17.7 Å². The lowest BCUT2D eigenvalue weighted by molar-refractivity contribution is -0.131. The number of aliphatic carboxylic acids is 1. The zero-order valence-electron chi connectivity index (χ0n) is 13.0. The Bertz CT molecular complexity index is 522. The molecule has 1 aromatic rings. The highest BCUT2D eigenvalue weighted by atomic mass is 16.4. The first-order chi connectivity index (χ1) is 10.1. The van der Waals surface area contributed by atoms with Gasteiger partial charge in [0.2, 0.25) is 0 Å². The van der Waals surface area contributed by atoms with Gasteiger partial charge in [-0.05, 0) is 55.5 Å². The number of benzene rings is 1. The van der Waals surface area contributed by atoms with Crippen LogP contribution in [0, 0.1) is 6.92 Å². The van der Waals surface area contributed by atoms with E-state index in [9.17, 15) is 4.79 Å². The summed E-state index contributed by atoms with van der Waals surface area (Å²) in [6.45, 7) is 5.44. The number of aryl methyl sites for hydroxylation is 1. The van der Waals surface area contributed by atoms with E-state index in [1.54, 1.807) is 6.08 Å². The minimum Gasteiger partial charge on any atom is -0.478 e. The van der Waals surface area contributed by atoms with Gasteiger partial charge in [-0.15, -0.1) is 0 Å². The number of hydrogen-bond donors (Lipinski definition) is 1. The molecule has 1 saturated heterocycles. The molecule has 0 spiro atoms. The average Bonchev–Trinajstić information content (AvgIpc) is 2.70. The molecule has 2 rings (SSSR count). The maximum absolute atomic E-state index is 10.6. The van der Waals surface area contributed by atoms with Crippen molar-refractivity contribution < 1.29 is 9.90 Å². The standard InChI is InChI=1S/C18H25NO2/c1-3-16-7-5-4-6-12-19(16)17-10-8-15(14(2)13-17)9-11-18(20)21/h8-11,13,16H,3-7,12H2,1-2H3,(H,20,21)/b11-9+. The Labute approximate surface area is 127 Å². The molecule has 1 heterocycles. The number of carbonyl (C=O) groups is 1. The SMILES string of the molecule is CCC1CCCCCN1c1ccc(/C=C/C(=O)O)c(C)c1. The molecule has 0 aliphatic carbocycles. The van der Waals surface area contributed by atoms with Crippen molar-refractivity contribution in [1.29, 1.82) is 0 Å². The summed E-state index contributed by atoms with van der Waals surface area (Å²) in [6, 6.07) is 6.98. The van der Waals surface area contributed by atoms with Gasteiger partial charge < -0.3 is 10.0 Å². The van der Waals surface area contributed by atoms with Crippen LogP contribution >= 0.6 is 0 Å². The van der Waals surface area contributed by atoms with Gasteiger partial charge in [0.15, 0.2) is 0 Å². The predicted octanol–water partition coefficient (Wildman–Crippen LogP) is 4.25. The van der Waals surface area contributed by atoms with Gasteiger partial charge in [0.25, 0.3) is 0 Å². The molecule has 1 atom stereocenters. The van der Waals surface area contributed by atoms with E-state index in [0.717, 1.165) is 17.7 Å². The summed E-state index contributed by atoms with van der Waals surface area (Å²) in [5, 5.41) is 8.73. The first-order valence-electron chi connectivity index (χ1n) is 7.90. The van der Waals surface area contributed by atoms with Crippen LogP contribution in [-0.2, 0) is 4.79 Å². The van der Waals surface area contributed by atoms with E-state index < -0.39 is 5.97 Å². The van der Waals surface area contributed by atoms with Crippen molar-refractivity contribution in [2.45, 2.75) is 52.0 Å². The van der Waals surface area contributed by atoms with Gasteiger partial charge in [0.1, 0.15) is 0 Å². The Morgan fingerprint density at radius 1 is 1.38 bits per heavy atom. The number of nitrogens with zero attached hydrogens (tertiary/aromatic N) is 1. The lowest BCUT2D eigenvalue weighted by Gasteiger charge is -2.32. The summed E-state index contributed by atoms with van der Waals surface area (Å²) in [4.78, 5) is 13.2. The van der Waals surface area contributed by atoms with E-state index in [1.165, 1.54) is 43.9 Å². The van der Waals surface area contributed by atoms with Crippen LogP contribution < -0.4 is 4.90 Å². The highest BCUT2D eigenvalue weighted by molar-refractivity contribution is 5.85. The zero-order chi connectivity index (χ0) is 15.2. The summed E-state index contributed by atoms with van der Waals surface area (Å²) >= 11 is 0. The van der Waals surface area contributed by atoms with Gasteiger partial charge in [0, 0.05) is 24.4 Å². The maximum Gasteiger partial charge on any atom is 0.328 e. The van der Waals surface area contributed by atoms with Crippen LogP contribution in [0.25, 0.3) is 6.08 Å². The molecule has 1 aromatic carbocycles. The van der Waals surface area contributed by atoms with Crippen molar-refractivity contribution in [3.8, 4) is 0 Å². The number of carboxylic acids is 1. The molecule has 0 bridgehead atoms. The largest absolute Gasteiger partial charge is 0.478 e. The molecule has 1 fully saturated rings. The molecule has 1 N–H and O–H groups in total. The third-order valence-electron chi connectivity index (χ3n) is 4.34. The van der Waals surface area contributed by atoms with Crippen molar-refractivity contribution in [1.82, 2.24) is 0 Å². The van der Waals surface area contributed by atoms with Gasteiger partial charge in [-0.1, -0.05) is 25.8 Å². The Balaban J connectivity index is 2.23. The lowest BCUT2D eigenvalue weighted by atomic mass is 10.0. The number of carboxylic acid groups (broad SMARTS) is 1. The van der Waals surface area contributed by atoms with Crippen LogP contribution in [0.1, 0.15) is 50.2 Å². The highest BCUT2D eigenvalue weighted by Crippen LogP contribution is 2.27. The number of hydrogen-bond acceptors (Lipinski definition) is 2. The first-order valence-corrected chi connectivity index (χ1v) is 7.90. The summed E-state index contributed by atoms with van der Waals surface area (Å²) < 4.78 is 0. The number of rotatable bonds is 4. The van der Waals surface area contributed by atoms with Crippen molar-refractivity contribution in [3.05, 3.63) is 35.4 Å². The van der Waals surface area contributed by atoms with Crippen LogP contribution in [0.2, 0.25) is 0 Å². The van der Waals surface area contributed by atoms with E-state index in [0.29, 0.717) is 6.04 Å². The Morgan fingerprint density at radius 3 is 2.86 bits per heavy atom. The molecule has 114 valence electrons. The Kier molecular flexibility index (Phi) is 5.43. The normalized spacial score (nSPS) is 19.7. The van der Waals surface area contributed by atoms with Gasteiger partial charge in [0.05, 0.1) is 0 Å². The molecule has 0 aromatic heterocycles. The fourth-order valence-corrected chi connectivity index (χ4v) is 3.13. The van der Waals surface area contributed by atoms with Crippen LogP contribution in [-0.4, -0.2) is 23.7 Å². The van der Waals surface area contributed by atoms with Crippen LogP contribution in [0.5, 0.6) is 0 Å². The first kappa shape index (κ1) is 15.6. The van der Waals surface area contributed by atoms with E-state index in [-0.39, 0.29) is 0 Å². The Hall–Kier alpha value is -1.77. The second-order valence-electron chi connectivity index (χ2n) is 5.82. The Morgan fingerprint density at radius 2 is 2.19 bits per heavy atom. The smallest absolute Gasteiger partial charge is 0.328 e. The van der Waals surface area contributed by atoms with Crippen molar-refractivity contribution in [2.75, 3.05) is 11.4 Å². The van der Waals surface area contributed by atoms with Crippen molar-refractivity contribution in [3.63, 3.8) is 0 Å².